The molecule has 0 aliphatic carbocycles. The predicted octanol–water partition coefficient (Wildman–Crippen LogP) is 5.59. The fourth-order valence-electron chi connectivity index (χ4n) is 3.04. The zero-order chi connectivity index (χ0) is 17.6. The van der Waals surface area contributed by atoms with Gasteiger partial charge in [0.1, 0.15) is 0 Å². The van der Waals surface area contributed by atoms with Crippen LogP contribution in [-0.2, 0) is 0 Å². The Hall–Kier alpha value is -1.91. The van der Waals surface area contributed by atoms with Gasteiger partial charge in [-0.3, -0.25) is 0 Å². The van der Waals surface area contributed by atoms with Gasteiger partial charge in [-0.15, -0.1) is 10.2 Å². The molecule has 0 unspecified atom stereocenters. The van der Waals surface area contributed by atoms with E-state index in [1.54, 1.807) is 0 Å². The molecule has 0 saturated carbocycles. The van der Waals surface area contributed by atoms with Gasteiger partial charge in [0, 0.05) is 17.8 Å². The number of tetrazole rings is 1. The second-order valence-electron chi connectivity index (χ2n) is 6.78. The highest BCUT2D eigenvalue weighted by atomic mass is 15.5. The molecule has 1 aromatic carbocycles. The topological polar surface area (TPSA) is 66.5 Å². The van der Waals surface area contributed by atoms with Crippen molar-refractivity contribution in [1.82, 2.24) is 20.6 Å². The second kappa shape index (κ2) is 12.5. The standard InChI is InChI=1S/C20H33N5/c1-2-3-4-5-6-7-8-9-10-11-12-17-21-19-15-13-18(14-16-19)20-22-24-25-23-20/h13-16,21H,2-12,17H2,1H3,(H,22,23,24,25). The molecule has 0 amide bonds. The van der Waals surface area contributed by atoms with Crippen LogP contribution in [0.15, 0.2) is 24.3 Å². The van der Waals surface area contributed by atoms with Crippen molar-refractivity contribution in [1.29, 1.82) is 0 Å². The normalized spacial score (nSPS) is 10.9. The lowest BCUT2D eigenvalue weighted by Crippen LogP contribution is -2.01. The smallest absolute Gasteiger partial charge is 0.204 e. The van der Waals surface area contributed by atoms with Crippen molar-refractivity contribution in [2.45, 2.75) is 77.6 Å². The van der Waals surface area contributed by atoms with Gasteiger partial charge in [0.15, 0.2) is 0 Å². The van der Waals surface area contributed by atoms with E-state index >= 15 is 0 Å². The highest BCUT2D eigenvalue weighted by molar-refractivity contribution is 5.58. The number of hydrogen-bond donors (Lipinski definition) is 2. The maximum Gasteiger partial charge on any atom is 0.204 e. The lowest BCUT2D eigenvalue weighted by molar-refractivity contribution is 0.552. The van der Waals surface area contributed by atoms with E-state index in [1.165, 1.54) is 70.6 Å². The minimum atomic E-state index is 0.636. The Morgan fingerprint density at radius 2 is 1.40 bits per heavy atom. The number of unbranched alkanes of at least 4 members (excludes halogenated alkanes) is 10. The Bertz CT molecular complexity index is 536. The van der Waals surface area contributed by atoms with Gasteiger partial charge in [0.05, 0.1) is 0 Å². The molecule has 0 aliphatic heterocycles. The van der Waals surface area contributed by atoms with Gasteiger partial charge in [0.25, 0.3) is 0 Å². The number of hydrogen-bond acceptors (Lipinski definition) is 4. The van der Waals surface area contributed by atoms with Crippen molar-refractivity contribution >= 4 is 5.69 Å². The van der Waals surface area contributed by atoms with Crippen molar-refractivity contribution in [3.05, 3.63) is 24.3 Å². The quantitative estimate of drug-likeness (QED) is 0.439. The third kappa shape index (κ3) is 8.14. The molecule has 0 aliphatic rings. The molecule has 2 rings (SSSR count). The second-order valence-corrected chi connectivity index (χ2v) is 6.78. The average molecular weight is 344 g/mol. The maximum atomic E-state index is 3.98. The summed E-state index contributed by atoms with van der Waals surface area (Å²) in [4.78, 5) is 0. The van der Waals surface area contributed by atoms with Gasteiger partial charge < -0.3 is 5.32 Å². The molecule has 0 bridgehead atoms. The van der Waals surface area contributed by atoms with E-state index in [4.69, 9.17) is 0 Å². The Balaban J connectivity index is 1.44. The first-order valence-electron chi connectivity index (χ1n) is 9.98. The first-order valence-corrected chi connectivity index (χ1v) is 9.98. The van der Waals surface area contributed by atoms with Crippen LogP contribution in [0.3, 0.4) is 0 Å². The average Bonchev–Trinajstić information content (AvgIpc) is 3.18. The zero-order valence-electron chi connectivity index (χ0n) is 15.6. The summed E-state index contributed by atoms with van der Waals surface area (Å²) >= 11 is 0. The van der Waals surface area contributed by atoms with Gasteiger partial charge in [-0.1, -0.05) is 71.1 Å². The predicted molar refractivity (Wildman–Crippen MR) is 105 cm³/mol. The van der Waals surface area contributed by atoms with Crippen molar-refractivity contribution in [3.8, 4) is 11.4 Å². The minimum Gasteiger partial charge on any atom is -0.385 e. The molecule has 0 spiro atoms. The maximum absolute atomic E-state index is 3.98. The largest absolute Gasteiger partial charge is 0.385 e. The number of nitrogens with zero attached hydrogens (tertiary/aromatic N) is 3. The number of anilines is 1. The van der Waals surface area contributed by atoms with Gasteiger partial charge in [-0.25, -0.2) is 0 Å². The number of rotatable bonds is 14. The van der Waals surface area contributed by atoms with Crippen LogP contribution in [0.2, 0.25) is 0 Å². The van der Waals surface area contributed by atoms with Crippen molar-refractivity contribution in [2.24, 2.45) is 0 Å². The molecular weight excluding hydrogens is 310 g/mol. The zero-order valence-corrected chi connectivity index (χ0v) is 15.6. The molecular formula is C20H33N5. The highest BCUT2D eigenvalue weighted by Crippen LogP contribution is 2.17. The fourth-order valence-corrected chi connectivity index (χ4v) is 3.04. The summed E-state index contributed by atoms with van der Waals surface area (Å²) in [5.74, 6) is 0.636. The highest BCUT2D eigenvalue weighted by Gasteiger charge is 2.01. The van der Waals surface area contributed by atoms with Crippen LogP contribution in [0.1, 0.15) is 77.6 Å². The molecule has 0 saturated heterocycles. The molecule has 5 heteroatoms. The van der Waals surface area contributed by atoms with Crippen molar-refractivity contribution in [2.75, 3.05) is 11.9 Å². The summed E-state index contributed by atoms with van der Waals surface area (Å²) in [5.41, 5.74) is 2.13. The van der Waals surface area contributed by atoms with E-state index in [0.717, 1.165) is 17.8 Å². The van der Waals surface area contributed by atoms with Crippen LogP contribution in [0, 0.1) is 0 Å². The molecule has 1 aromatic heterocycles. The van der Waals surface area contributed by atoms with Crippen LogP contribution >= 0.6 is 0 Å². The molecule has 25 heavy (non-hydrogen) atoms. The Labute approximate surface area is 152 Å². The van der Waals surface area contributed by atoms with E-state index in [1.807, 2.05) is 12.1 Å². The summed E-state index contributed by atoms with van der Waals surface area (Å²) in [7, 11) is 0. The van der Waals surface area contributed by atoms with Crippen LogP contribution in [0.4, 0.5) is 5.69 Å². The third-order valence-electron chi connectivity index (χ3n) is 4.60. The summed E-state index contributed by atoms with van der Waals surface area (Å²) in [5, 5.41) is 17.5. The Morgan fingerprint density at radius 3 is 1.96 bits per heavy atom. The molecule has 0 radical (unpaired) electrons. The van der Waals surface area contributed by atoms with E-state index < -0.39 is 0 Å². The summed E-state index contributed by atoms with van der Waals surface area (Å²) < 4.78 is 0. The summed E-state index contributed by atoms with van der Waals surface area (Å²) in [6, 6.07) is 8.19. The Kier molecular flexibility index (Phi) is 9.67. The van der Waals surface area contributed by atoms with Gasteiger partial charge in [0.2, 0.25) is 5.82 Å². The van der Waals surface area contributed by atoms with Crippen LogP contribution in [0.25, 0.3) is 11.4 Å². The minimum absolute atomic E-state index is 0.636. The Morgan fingerprint density at radius 1 is 0.800 bits per heavy atom. The third-order valence-corrected chi connectivity index (χ3v) is 4.60. The van der Waals surface area contributed by atoms with Gasteiger partial charge >= 0.3 is 0 Å². The van der Waals surface area contributed by atoms with Crippen LogP contribution in [-0.4, -0.2) is 27.2 Å². The van der Waals surface area contributed by atoms with Gasteiger partial charge in [-0.2, -0.15) is 5.21 Å². The fraction of sp³-hybridized carbons (Fsp3) is 0.650. The number of aromatic amines is 1. The molecule has 2 N–H and O–H groups in total. The number of aromatic nitrogens is 4. The number of benzene rings is 1. The summed E-state index contributed by atoms with van der Waals surface area (Å²) in [6.45, 7) is 3.32. The van der Waals surface area contributed by atoms with Crippen LogP contribution in [0.5, 0.6) is 0 Å². The monoisotopic (exact) mass is 343 g/mol. The molecule has 1 heterocycles. The van der Waals surface area contributed by atoms with E-state index in [0.29, 0.717) is 5.82 Å². The lowest BCUT2D eigenvalue weighted by Gasteiger charge is -2.07. The lowest BCUT2D eigenvalue weighted by atomic mass is 10.1. The first kappa shape index (κ1) is 19.4. The van der Waals surface area contributed by atoms with Crippen molar-refractivity contribution < 1.29 is 0 Å². The number of nitrogens with one attached hydrogen (secondary N) is 2. The molecule has 2 aromatic rings. The van der Waals surface area contributed by atoms with Crippen molar-refractivity contribution in [3.63, 3.8) is 0 Å². The molecule has 5 nitrogen and oxygen atoms in total. The summed E-state index contributed by atoms with van der Waals surface area (Å²) in [6.07, 6.45) is 15.2. The van der Waals surface area contributed by atoms with Gasteiger partial charge in [-0.05, 0) is 35.9 Å². The first-order chi connectivity index (χ1) is 12.4. The van der Waals surface area contributed by atoms with Crippen LogP contribution < -0.4 is 5.32 Å². The number of H-pyrrole nitrogens is 1. The molecule has 138 valence electrons. The molecule has 0 fully saturated rings. The van der Waals surface area contributed by atoms with E-state index in [2.05, 4.69) is 45.0 Å². The van der Waals surface area contributed by atoms with E-state index in [9.17, 15) is 0 Å². The molecule has 0 atom stereocenters. The van der Waals surface area contributed by atoms with E-state index in [-0.39, 0.29) is 0 Å². The SMILES string of the molecule is CCCCCCCCCCCCCNc1ccc(-c2nn[nH]n2)cc1.